The lowest BCUT2D eigenvalue weighted by Gasteiger charge is -2.10. The molecule has 0 aliphatic heterocycles. The highest BCUT2D eigenvalue weighted by atomic mass is 16.5. The molecule has 23 heavy (non-hydrogen) atoms. The van der Waals surface area contributed by atoms with Gasteiger partial charge in [-0.3, -0.25) is 4.68 Å². The van der Waals surface area contributed by atoms with Crippen LogP contribution in [0.3, 0.4) is 0 Å². The standard InChI is InChI=1S/C17H22N4O.CH4/c1-4-15-17(16(5-2)21(20-15)7-6-18)22-14-9-12(3)8-13(10-14)11-19;/h8-10H,4-7,18H2,1-3H3;1H4. The van der Waals surface area contributed by atoms with Crippen molar-refractivity contribution in [2.45, 2.75) is 47.6 Å². The second-order valence-electron chi connectivity index (χ2n) is 5.19. The molecule has 1 aromatic carbocycles. The first-order valence-electron chi connectivity index (χ1n) is 7.61. The summed E-state index contributed by atoms with van der Waals surface area (Å²) in [5.74, 6) is 1.47. The topological polar surface area (TPSA) is 76.9 Å². The minimum Gasteiger partial charge on any atom is -0.453 e. The summed E-state index contributed by atoms with van der Waals surface area (Å²) in [6.45, 7) is 7.30. The van der Waals surface area contributed by atoms with E-state index < -0.39 is 0 Å². The van der Waals surface area contributed by atoms with E-state index in [1.807, 2.05) is 23.7 Å². The molecule has 0 amide bonds. The van der Waals surface area contributed by atoms with E-state index in [0.717, 1.165) is 35.5 Å². The first-order valence-corrected chi connectivity index (χ1v) is 7.61. The van der Waals surface area contributed by atoms with Gasteiger partial charge in [0.25, 0.3) is 0 Å². The van der Waals surface area contributed by atoms with E-state index in [1.54, 1.807) is 6.07 Å². The summed E-state index contributed by atoms with van der Waals surface area (Å²) >= 11 is 0. The van der Waals surface area contributed by atoms with Gasteiger partial charge in [-0.2, -0.15) is 10.4 Å². The number of nitriles is 1. The molecule has 5 nitrogen and oxygen atoms in total. The molecule has 1 heterocycles. The van der Waals surface area contributed by atoms with Crippen LogP contribution >= 0.6 is 0 Å². The first kappa shape index (κ1) is 18.7. The van der Waals surface area contributed by atoms with Gasteiger partial charge in [0.2, 0.25) is 0 Å². The largest absolute Gasteiger partial charge is 0.453 e. The lowest BCUT2D eigenvalue weighted by atomic mass is 10.1. The maximum Gasteiger partial charge on any atom is 0.171 e. The predicted molar refractivity (Wildman–Crippen MR) is 92.7 cm³/mol. The summed E-state index contributed by atoms with van der Waals surface area (Å²) in [7, 11) is 0. The summed E-state index contributed by atoms with van der Waals surface area (Å²) < 4.78 is 8.02. The molecule has 2 rings (SSSR count). The van der Waals surface area contributed by atoms with Crippen LogP contribution in [0.25, 0.3) is 0 Å². The summed E-state index contributed by atoms with van der Waals surface area (Å²) in [6.07, 6.45) is 1.61. The van der Waals surface area contributed by atoms with Crippen molar-refractivity contribution in [2.24, 2.45) is 5.73 Å². The van der Waals surface area contributed by atoms with E-state index in [2.05, 4.69) is 25.0 Å². The highest BCUT2D eigenvalue weighted by Gasteiger charge is 2.17. The molecular weight excluding hydrogens is 288 g/mol. The average molecular weight is 314 g/mol. The molecule has 0 radical (unpaired) electrons. The van der Waals surface area contributed by atoms with Gasteiger partial charge in [-0.15, -0.1) is 0 Å². The minimum atomic E-state index is 0. The molecule has 0 aliphatic carbocycles. The van der Waals surface area contributed by atoms with Crippen molar-refractivity contribution >= 4 is 0 Å². The molecule has 1 aromatic heterocycles. The smallest absolute Gasteiger partial charge is 0.171 e. The quantitative estimate of drug-likeness (QED) is 0.884. The van der Waals surface area contributed by atoms with Gasteiger partial charge < -0.3 is 10.5 Å². The van der Waals surface area contributed by atoms with Crippen LogP contribution < -0.4 is 10.5 Å². The molecule has 0 bridgehead atoms. The molecule has 0 atom stereocenters. The Morgan fingerprint density at radius 3 is 2.57 bits per heavy atom. The number of rotatable bonds is 6. The number of nitrogens with two attached hydrogens (primary N) is 1. The van der Waals surface area contributed by atoms with Crippen LogP contribution in [-0.4, -0.2) is 16.3 Å². The van der Waals surface area contributed by atoms with Crippen LogP contribution in [0, 0.1) is 18.3 Å². The molecule has 2 N–H and O–H groups in total. The fourth-order valence-corrected chi connectivity index (χ4v) is 2.52. The fourth-order valence-electron chi connectivity index (χ4n) is 2.52. The Morgan fingerprint density at radius 2 is 2.00 bits per heavy atom. The lowest BCUT2D eigenvalue weighted by molar-refractivity contribution is 0.467. The highest BCUT2D eigenvalue weighted by Crippen LogP contribution is 2.31. The second kappa shape index (κ2) is 8.35. The van der Waals surface area contributed by atoms with Gasteiger partial charge in [-0.05, 0) is 43.5 Å². The number of aromatic nitrogens is 2. The highest BCUT2D eigenvalue weighted by molar-refractivity contribution is 5.44. The van der Waals surface area contributed by atoms with Crippen molar-refractivity contribution in [1.29, 1.82) is 5.26 Å². The molecular formula is C18H26N4O. The fraction of sp³-hybridized carbons (Fsp3) is 0.444. The Labute approximate surface area is 138 Å². The Hall–Kier alpha value is -2.32. The van der Waals surface area contributed by atoms with Crippen molar-refractivity contribution in [3.63, 3.8) is 0 Å². The van der Waals surface area contributed by atoms with Crippen molar-refractivity contribution < 1.29 is 4.74 Å². The Balaban J connectivity index is 0.00000264. The van der Waals surface area contributed by atoms with E-state index in [4.69, 9.17) is 15.7 Å². The van der Waals surface area contributed by atoms with E-state index in [1.165, 1.54) is 0 Å². The predicted octanol–water partition coefficient (Wildman–Crippen LogP) is 3.58. The van der Waals surface area contributed by atoms with E-state index >= 15 is 0 Å². The Bertz CT molecular complexity index is 698. The van der Waals surface area contributed by atoms with Gasteiger partial charge in [0, 0.05) is 6.54 Å². The zero-order valence-electron chi connectivity index (χ0n) is 13.4. The Kier molecular flexibility index (Phi) is 6.80. The summed E-state index contributed by atoms with van der Waals surface area (Å²) in [5, 5.41) is 13.7. The molecule has 0 spiro atoms. The third kappa shape index (κ3) is 4.11. The van der Waals surface area contributed by atoms with Crippen LogP contribution in [0.2, 0.25) is 0 Å². The maximum absolute atomic E-state index is 9.09. The van der Waals surface area contributed by atoms with Crippen LogP contribution in [0.15, 0.2) is 18.2 Å². The third-order valence-corrected chi connectivity index (χ3v) is 3.49. The van der Waals surface area contributed by atoms with E-state index in [-0.39, 0.29) is 7.43 Å². The first-order chi connectivity index (χ1) is 10.6. The maximum atomic E-state index is 9.09. The molecule has 0 saturated heterocycles. The minimum absolute atomic E-state index is 0. The van der Waals surface area contributed by atoms with E-state index in [9.17, 15) is 0 Å². The number of aryl methyl sites for hydroxylation is 2. The molecule has 5 heteroatoms. The molecule has 0 saturated carbocycles. The molecule has 0 unspecified atom stereocenters. The molecule has 2 aromatic rings. The van der Waals surface area contributed by atoms with Crippen LogP contribution in [-0.2, 0) is 19.4 Å². The van der Waals surface area contributed by atoms with Gasteiger partial charge >= 0.3 is 0 Å². The zero-order valence-corrected chi connectivity index (χ0v) is 13.4. The lowest BCUT2D eigenvalue weighted by Crippen LogP contribution is -2.13. The second-order valence-corrected chi connectivity index (χ2v) is 5.19. The van der Waals surface area contributed by atoms with Crippen molar-refractivity contribution in [3.05, 3.63) is 40.7 Å². The number of nitrogens with zero attached hydrogens (tertiary/aromatic N) is 3. The average Bonchev–Trinajstić information content (AvgIpc) is 2.83. The van der Waals surface area contributed by atoms with Gasteiger partial charge in [0.05, 0.1) is 23.9 Å². The van der Waals surface area contributed by atoms with E-state index in [0.29, 0.717) is 24.4 Å². The van der Waals surface area contributed by atoms with Crippen LogP contribution in [0.1, 0.15) is 43.8 Å². The van der Waals surface area contributed by atoms with Gasteiger partial charge in [-0.1, -0.05) is 21.3 Å². The summed E-state index contributed by atoms with van der Waals surface area (Å²) in [4.78, 5) is 0. The summed E-state index contributed by atoms with van der Waals surface area (Å²) in [5.41, 5.74) is 9.22. The summed E-state index contributed by atoms with van der Waals surface area (Å²) in [6, 6.07) is 7.69. The van der Waals surface area contributed by atoms with Gasteiger partial charge in [0.1, 0.15) is 11.4 Å². The van der Waals surface area contributed by atoms with Crippen molar-refractivity contribution in [1.82, 2.24) is 9.78 Å². The molecule has 0 fully saturated rings. The van der Waals surface area contributed by atoms with Gasteiger partial charge in [-0.25, -0.2) is 0 Å². The van der Waals surface area contributed by atoms with Crippen LogP contribution in [0.5, 0.6) is 11.5 Å². The number of benzene rings is 1. The van der Waals surface area contributed by atoms with Crippen molar-refractivity contribution in [3.8, 4) is 17.6 Å². The monoisotopic (exact) mass is 314 g/mol. The van der Waals surface area contributed by atoms with Crippen LogP contribution in [0.4, 0.5) is 0 Å². The van der Waals surface area contributed by atoms with Crippen molar-refractivity contribution in [2.75, 3.05) is 6.54 Å². The third-order valence-electron chi connectivity index (χ3n) is 3.49. The Morgan fingerprint density at radius 1 is 1.26 bits per heavy atom. The zero-order chi connectivity index (χ0) is 16.1. The number of hydrogen-bond donors (Lipinski definition) is 1. The SMILES string of the molecule is C.CCc1nn(CCN)c(CC)c1Oc1cc(C)cc(C#N)c1. The van der Waals surface area contributed by atoms with Gasteiger partial charge in [0.15, 0.2) is 5.75 Å². The molecule has 124 valence electrons. The molecule has 0 aliphatic rings. The number of hydrogen-bond acceptors (Lipinski definition) is 4. The normalized spacial score (nSPS) is 10.0. The number of ether oxygens (including phenoxy) is 1.